The van der Waals surface area contributed by atoms with Crippen LogP contribution in [0.25, 0.3) is 0 Å². The van der Waals surface area contributed by atoms with Gasteiger partial charge in [-0.25, -0.2) is 0 Å². The van der Waals surface area contributed by atoms with Crippen molar-refractivity contribution in [1.29, 1.82) is 0 Å². The molecule has 3 heteroatoms. The summed E-state index contributed by atoms with van der Waals surface area (Å²) in [6.07, 6.45) is 1.90. The highest BCUT2D eigenvalue weighted by atomic mass is 16.1. The van der Waals surface area contributed by atoms with Gasteiger partial charge in [0.25, 0.3) is 0 Å². The van der Waals surface area contributed by atoms with E-state index in [0.29, 0.717) is 6.54 Å². The molecule has 1 aromatic carbocycles. The monoisotopic (exact) mass is 256 g/mol. The minimum atomic E-state index is 0.155. The minimum absolute atomic E-state index is 0.155. The number of carbonyl (C=O) groups excluding carboxylic acids is 1. The summed E-state index contributed by atoms with van der Waals surface area (Å²) in [4.78, 5) is 14.2. The van der Waals surface area contributed by atoms with Gasteiger partial charge < -0.3 is 4.57 Å². The van der Waals surface area contributed by atoms with Crippen LogP contribution in [0.2, 0.25) is 0 Å². The molecule has 0 radical (unpaired) electrons. The Hall–Kier alpha value is -1.87. The molecule has 0 aliphatic carbocycles. The molecule has 0 bridgehead atoms. The Balaban J connectivity index is 1.96. The maximum atomic E-state index is 12.1. The summed E-state index contributed by atoms with van der Waals surface area (Å²) in [5.74, 6) is 0.155. The quantitative estimate of drug-likeness (QED) is 0.768. The minimum Gasteiger partial charge on any atom is -0.348 e. The zero-order valence-electron chi connectivity index (χ0n) is 11.8. The first-order valence-corrected chi connectivity index (χ1v) is 6.45. The van der Waals surface area contributed by atoms with Crippen molar-refractivity contribution in [3.8, 4) is 0 Å². The standard InChI is InChI=1S/C16H20N2O/c1-13-6-4-7-14(10-13)11-17(2)12-16(19)15-8-5-9-18(15)3/h4-10H,11-12H2,1-3H3. The van der Waals surface area contributed by atoms with Gasteiger partial charge in [0.05, 0.1) is 12.2 Å². The fourth-order valence-electron chi connectivity index (χ4n) is 2.26. The van der Waals surface area contributed by atoms with E-state index in [1.54, 1.807) is 0 Å². The van der Waals surface area contributed by atoms with E-state index in [1.165, 1.54) is 11.1 Å². The number of nitrogens with zero attached hydrogens (tertiary/aromatic N) is 2. The van der Waals surface area contributed by atoms with Crippen LogP contribution in [0.3, 0.4) is 0 Å². The number of aromatic nitrogens is 1. The number of hydrogen-bond acceptors (Lipinski definition) is 2. The average molecular weight is 256 g/mol. The lowest BCUT2D eigenvalue weighted by Crippen LogP contribution is -2.26. The Morgan fingerprint density at radius 2 is 2.05 bits per heavy atom. The smallest absolute Gasteiger partial charge is 0.193 e. The first-order valence-electron chi connectivity index (χ1n) is 6.45. The number of hydrogen-bond donors (Lipinski definition) is 0. The molecular formula is C16H20N2O. The van der Waals surface area contributed by atoms with E-state index in [1.807, 2.05) is 41.9 Å². The summed E-state index contributed by atoms with van der Waals surface area (Å²) in [6.45, 7) is 3.31. The van der Waals surface area contributed by atoms with Crippen LogP contribution >= 0.6 is 0 Å². The van der Waals surface area contributed by atoms with Crippen LogP contribution in [-0.2, 0) is 13.6 Å². The van der Waals surface area contributed by atoms with E-state index in [9.17, 15) is 4.79 Å². The molecule has 0 amide bonds. The lowest BCUT2D eigenvalue weighted by molar-refractivity contribution is 0.0935. The summed E-state index contributed by atoms with van der Waals surface area (Å²) in [6, 6.07) is 12.1. The van der Waals surface area contributed by atoms with Gasteiger partial charge in [-0.05, 0) is 31.7 Å². The predicted molar refractivity (Wildman–Crippen MR) is 77.3 cm³/mol. The molecule has 0 N–H and O–H groups in total. The first kappa shape index (κ1) is 13.6. The maximum Gasteiger partial charge on any atom is 0.193 e. The number of ketones is 1. The van der Waals surface area contributed by atoms with Gasteiger partial charge in [-0.1, -0.05) is 29.8 Å². The lowest BCUT2D eigenvalue weighted by Gasteiger charge is -2.16. The summed E-state index contributed by atoms with van der Waals surface area (Å²) < 4.78 is 1.86. The van der Waals surface area contributed by atoms with Crippen molar-refractivity contribution < 1.29 is 4.79 Å². The van der Waals surface area contributed by atoms with Gasteiger partial charge in [0.2, 0.25) is 0 Å². The summed E-state index contributed by atoms with van der Waals surface area (Å²) >= 11 is 0. The van der Waals surface area contributed by atoms with Crippen molar-refractivity contribution >= 4 is 5.78 Å². The van der Waals surface area contributed by atoms with E-state index >= 15 is 0 Å². The van der Waals surface area contributed by atoms with Crippen LogP contribution < -0.4 is 0 Å². The van der Waals surface area contributed by atoms with Crippen molar-refractivity contribution in [2.24, 2.45) is 7.05 Å². The number of benzene rings is 1. The van der Waals surface area contributed by atoms with E-state index < -0.39 is 0 Å². The molecule has 2 aromatic rings. The number of Topliss-reactive ketones (excluding diaryl/α,β-unsaturated/α-hetero) is 1. The highest BCUT2D eigenvalue weighted by Gasteiger charge is 2.12. The molecule has 0 unspecified atom stereocenters. The molecule has 0 aliphatic heterocycles. The van der Waals surface area contributed by atoms with Crippen LogP contribution in [0, 0.1) is 6.92 Å². The van der Waals surface area contributed by atoms with Gasteiger partial charge >= 0.3 is 0 Å². The van der Waals surface area contributed by atoms with E-state index in [4.69, 9.17) is 0 Å². The van der Waals surface area contributed by atoms with Gasteiger partial charge in [-0.3, -0.25) is 9.69 Å². The highest BCUT2D eigenvalue weighted by molar-refractivity contribution is 5.96. The highest BCUT2D eigenvalue weighted by Crippen LogP contribution is 2.08. The number of aryl methyl sites for hydroxylation is 2. The van der Waals surface area contributed by atoms with Gasteiger partial charge in [-0.2, -0.15) is 0 Å². The van der Waals surface area contributed by atoms with Crippen molar-refractivity contribution in [2.75, 3.05) is 13.6 Å². The second kappa shape index (κ2) is 5.85. The van der Waals surface area contributed by atoms with Crippen LogP contribution in [0.15, 0.2) is 42.6 Å². The predicted octanol–water partition coefficient (Wildman–Crippen LogP) is 2.65. The van der Waals surface area contributed by atoms with Crippen molar-refractivity contribution in [3.63, 3.8) is 0 Å². The largest absolute Gasteiger partial charge is 0.348 e. The molecule has 0 spiro atoms. The second-order valence-corrected chi connectivity index (χ2v) is 5.09. The number of likely N-dealkylation sites (N-methyl/N-ethyl adjacent to an activating group) is 1. The van der Waals surface area contributed by atoms with Gasteiger partial charge in [0, 0.05) is 19.8 Å². The van der Waals surface area contributed by atoms with Crippen LogP contribution in [-0.4, -0.2) is 28.8 Å². The third kappa shape index (κ3) is 3.55. The summed E-state index contributed by atoms with van der Waals surface area (Å²) in [7, 11) is 3.87. The SMILES string of the molecule is Cc1cccc(CN(C)CC(=O)c2cccn2C)c1. The Morgan fingerprint density at radius 1 is 1.26 bits per heavy atom. The normalized spacial score (nSPS) is 10.9. The fraction of sp³-hybridized carbons (Fsp3) is 0.312. The second-order valence-electron chi connectivity index (χ2n) is 5.09. The maximum absolute atomic E-state index is 12.1. The van der Waals surface area contributed by atoms with E-state index in [0.717, 1.165) is 12.2 Å². The van der Waals surface area contributed by atoms with E-state index in [2.05, 4.69) is 31.2 Å². The third-order valence-electron chi connectivity index (χ3n) is 3.18. The van der Waals surface area contributed by atoms with Crippen molar-refractivity contribution in [3.05, 3.63) is 59.4 Å². The van der Waals surface area contributed by atoms with Crippen molar-refractivity contribution in [1.82, 2.24) is 9.47 Å². The molecular weight excluding hydrogens is 236 g/mol. The van der Waals surface area contributed by atoms with Gasteiger partial charge in [0.1, 0.15) is 0 Å². The van der Waals surface area contributed by atoms with Crippen molar-refractivity contribution in [2.45, 2.75) is 13.5 Å². The molecule has 0 aliphatic rings. The van der Waals surface area contributed by atoms with Crippen LogP contribution in [0.5, 0.6) is 0 Å². The Bertz CT molecular complexity index is 572. The van der Waals surface area contributed by atoms with Crippen LogP contribution in [0.1, 0.15) is 21.6 Å². The molecule has 19 heavy (non-hydrogen) atoms. The fourth-order valence-corrected chi connectivity index (χ4v) is 2.26. The molecule has 0 atom stereocenters. The molecule has 1 aromatic heterocycles. The Labute approximate surface area is 114 Å². The zero-order valence-corrected chi connectivity index (χ0v) is 11.8. The topological polar surface area (TPSA) is 25.2 Å². The molecule has 0 saturated carbocycles. The molecule has 100 valence electrons. The lowest BCUT2D eigenvalue weighted by atomic mass is 10.1. The average Bonchev–Trinajstić information content (AvgIpc) is 2.75. The Kier molecular flexibility index (Phi) is 4.17. The third-order valence-corrected chi connectivity index (χ3v) is 3.18. The summed E-state index contributed by atoms with van der Waals surface area (Å²) in [5, 5.41) is 0. The molecule has 0 fully saturated rings. The summed E-state index contributed by atoms with van der Waals surface area (Å²) in [5.41, 5.74) is 3.25. The van der Waals surface area contributed by atoms with Gasteiger partial charge in [0.15, 0.2) is 5.78 Å². The Morgan fingerprint density at radius 3 is 2.68 bits per heavy atom. The van der Waals surface area contributed by atoms with Gasteiger partial charge in [-0.15, -0.1) is 0 Å². The molecule has 2 rings (SSSR count). The van der Waals surface area contributed by atoms with E-state index in [-0.39, 0.29) is 5.78 Å². The zero-order chi connectivity index (χ0) is 13.8. The first-order chi connectivity index (χ1) is 9.06. The molecule has 0 saturated heterocycles. The van der Waals surface area contributed by atoms with Crippen LogP contribution in [0.4, 0.5) is 0 Å². The number of carbonyl (C=O) groups is 1. The molecule has 3 nitrogen and oxygen atoms in total. The molecule has 1 heterocycles. The number of rotatable bonds is 5.